The third-order valence-electron chi connectivity index (χ3n) is 3.05. The van der Waals surface area contributed by atoms with Crippen molar-refractivity contribution in [1.29, 1.82) is 0 Å². The van der Waals surface area contributed by atoms with E-state index in [4.69, 9.17) is 0 Å². The van der Waals surface area contributed by atoms with Gasteiger partial charge in [0.05, 0.1) is 0 Å². The molecule has 16 heavy (non-hydrogen) atoms. The number of rotatable bonds is 4. The molecular formula is C12H20N4. The molecule has 4 nitrogen and oxygen atoms in total. The van der Waals surface area contributed by atoms with E-state index in [2.05, 4.69) is 27.1 Å². The Labute approximate surface area is 97.1 Å². The molecule has 1 aromatic rings. The maximum Gasteiger partial charge on any atom is 0.225 e. The summed E-state index contributed by atoms with van der Waals surface area (Å²) in [4.78, 5) is 11.1. The second-order valence-corrected chi connectivity index (χ2v) is 4.33. The fourth-order valence-corrected chi connectivity index (χ4v) is 2.12. The topological polar surface area (TPSA) is 41.0 Å². The second kappa shape index (κ2) is 5.25. The minimum Gasteiger partial charge on any atom is -0.340 e. The van der Waals surface area contributed by atoms with Crippen molar-refractivity contribution in [3.05, 3.63) is 18.0 Å². The minimum atomic E-state index is 0.601. The summed E-state index contributed by atoms with van der Waals surface area (Å²) >= 11 is 0. The SMILES string of the molecule is CCN(CC1CCCN1)c1nccc(C)n1. The minimum absolute atomic E-state index is 0.601. The molecule has 2 rings (SSSR count). The predicted octanol–water partition coefficient (Wildman–Crippen LogP) is 1.36. The van der Waals surface area contributed by atoms with Crippen LogP contribution < -0.4 is 10.2 Å². The highest BCUT2D eigenvalue weighted by Gasteiger charge is 2.18. The standard InChI is InChI=1S/C12H20N4/c1-3-16(9-11-5-4-7-13-11)12-14-8-6-10(2)15-12/h6,8,11,13H,3-5,7,9H2,1-2H3. The summed E-state index contributed by atoms with van der Waals surface area (Å²) in [5.74, 6) is 0.858. The van der Waals surface area contributed by atoms with Crippen molar-refractivity contribution in [2.45, 2.75) is 32.7 Å². The van der Waals surface area contributed by atoms with Gasteiger partial charge < -0.3 is 10.2 Å². The molecule has 0 spiro atoms. The number of nitrogens with zero attached hydrogens (tertiary/aromatic N) is 3. The lowest BCUT2D eigenvalue weighted by Gasteiger charge is -2.24. The van der Waals surface area contributed by atoms with Gasteiger partial charge in [-0.1, -0.05) is 0 Å². The Morgan fingerprint density at radius 1 is 1.56 bits per heavy atom. The van der Waals surface area contributed by atoms with E-state index >= 15 is 0 Å². The molecule has 0 aromatic carbocycles. The van der Waals surface area contributed by atoms with E-state index in [1.165, 1.54) is 12.8 Å². The molecule has 4 heteroatoms. The highest BCUT2D eigenvalue weighted by Crippen LogP contribution is 2.12. The van der Waals surface area contributed by atoms with Crippen molar-refractivity contribution in [3.8, 4) is 0 Å². The molecule has 0 saturated carbocycles. The number of likely N-dealkylation sites (N-methyl/N-ethyl adjacent to an activating group) is 1. The fourth-order valence-electron chi connectivity index (χ4n) is 2.12. The molecule has 0 radical (unpaired) electrons. The largest absolute Gasteiger partial charge is 0.340 e. The number of nitrogens with one attached hydrogen (secondary N) is 1. The van der Waals surface area contributed by atoms with E-state index in [9.17, 15) is 0 Å². The van der Waals surface area contributed by atoms with Gasteiger partial charge in [-0.05, 0) is 39.3 Å². The van der Waals surface area contributed by atoms with Gasteiger partial charge >= 0.3 is 0 Å². The molecule has 1 aromatic heterocycles. The van der Waals surface area contributed by atoms with Crippen molar-refractivity contribution in [2.24, 2.45) is 0 Å². The Bertz CT molecular complexity index is 334. The maximum absolute atomic E-state index is 4.47. The molecule has 1 aliphatic rings. The van der Waals surface area contributed by atoms with Crippen LogP contribution in [-0.4, -0.2) is 35.6 Å². The summed E-state index contributed by atoms with van der Waals surface area (Å²) in [5, 5.41) is 3.51. The Morgan fingerprint density at radius 2 is 2.44 bits per heavy atom. The van der Waals surface area contributed by atoms with Crippen LogP contribution in [0.4, 0.5) is 5.95 Å². The van der Waals surface area contributed by atoms with Crippen molar-refractivity contribution in [1.82, 2.24) is 15.3 Å². The molecule has 0 aliphatic carbocycles. The maximum atomic E-state index is 4.47. The number of aryl methyl sites for hydroxylation is 1. The zero-order chi connectivity index (χ0) is 11.4. The molecule has 1 fully saturated rings. The first-order valence-electron chi connectivity index (χ1n) is 6.07. The molecule has 1 saturated heterocycles. The van der Waals surface area contributed by atoms with Crippen LogP contribution >= 0.6 is 0 Å². The van der Waals surface area contributed by atoms with Crippen molar-refractivity contribution in [2.75, 3.05) is 24.5 Å². The van der Waals surface area contributed by atoms with Crippen LogP contribution in [0, 0.1) is 6.92 Å². The quantitative estimate of drug-likeness (QED) is 0.832. The summed E-state index contributed by atoms with van der Waals surface area (Å²) < 4.78 is 0. The molecule has 1 unspecified atom stereocenters. The molecule has 0 bridgehead atoms. The number of hydrogen-bond acceptors (Lipinski definition) is 4. The summed E-state index contributed by atoms with van der Waals surface area (Å²) in [6.45, 7) is 7.28. The zero-order valence-corrected chi connectivity index (χ0v) is 10.1. The van der Waals surface area contributed by atoms with E-state index in [1.807, 2.05) is 19.2 Å². The van der Waals surface area contributed by atoms with Crippen LogP contribution in [0.1, 0.15) is 25.5 Å². The summed E-state index contributed by atoms with van der Waals surface area (Å²) in [6.07, 6.45) is 4.39. The van der Waals surface area contributed by atoms with Crippen LogP contribution in [0.2, 0.25) is 0 Å². The number of hydrogen-bond donors (Lipinski definition) is 1. The zero-order valence-electron chi connectivity index (χ0n) is 10.1. The van der Waals surface area contributed by atoms with E-state index in [0.29, 0.717) is 6.04 Å². The van der Waals surface area contributed by atoms with Gasteiger partial charge in [0.25, 0.3) is 0 Å². The summed E-state index contributed by atoms with van der Waals surface area (Å²) in [5.41, 5.74) is 1.03. The number of anilines is 1. The van der Waals surface area contributed by atoms with E-state index < -0.39 is 0 Å². The lowest BCUT2D eigenvalue weighted by molar-refractivity contribution is 0.580. The monoisotopic (exact) mass is 220 g/mol. The average molecular weight is 220 g/mol. The van der Waals surface area contributed by atoms with Gasteiger partial charge in [0, 0.05) is 31.0 Å². The Morgan fingerprint density at radius 3 is 3.06 bits per heavy atom. The van der Waals surface area contributed by atoms with Crippen molar-refractivity contribution >= 4 is 5.95 Å². The Kier molecular flexibility index (Phi) is 3.72. The number of aromatic nitrogens is 2. The van der Waals surface area contributed by atoms with Gasteiger partial charge in [-0.25, -0.2) is 9.97 Å². The molecule has 1 aliphatic heterocycles. The summed E-state index contributed by atoms with van der Waals surface area (Å²) in [6, 6.07) is 2.54. The highest BCUT2D eigenvalue weighted by atomic mass is 15.3. The first-order chi connectivity index (χ1) is 7.79. The fraction of sp³-hybridized carbons (Fsp3) is 0.667. The Balaban J connectivity index is 2.03. The first-order valence-corrected chi connectivity index (χ1v) is 6.07. The molecule has 2 heterocycles. The smallest absolute Gasteiger partial charge is 0.225 e. The van der Waals surface area contributed by atoms with Crippen LogP contribution in [0.25, 0.3) is 0 Å². The lowest BCUT2D eigenvalue weighted by Crippen LogP contribution is -2.38. The molecule has 88 valence electrons. The van der Waals surface area contributed by atoms with E-state index in [0.717, 1.165) is 31.3 Å². The first kappa shape index (κ1) is 11.3. The van der Waals surface area contributed by atoms with Gasteiger partial charge in [0.1, 0.15) is 0 Å². The predicted molar refractivity (Wildman–Crippen MR) is 65.7 cm³/mol. The van der Waals surface area contributed by atoms with E-state index in [1.54, 1.807) is 0 Å². The third kappa shape index (κ3) is 2.70. The normalized spacial score (nSPS) is 20.0. The molecular weight excluding hydrogens is 200 g/mol. The van der Waals surface area contributed by atoms with Gasteiger partial charge in [0.15, 0.2) is 0 Å². The van der Waals surface area contributed by atoms with Gasteiger partial charge in [-0.15, -0.1) is 0 Å². The summed E-state index contributed by atoms with van der Waals surface area (Å²) in [7, 11) is 0. The van der Waals surface area contributed by atoms with Crippen LogP contribution in [0.15, 0.2) is 12.3 Å². The molecule has 0 amide bonds. The van der Waals surface area contributed by atoms with Crippen molar-refractivity contribution in [3.63, 3.8) is 0 Å². The van der Waals surface area contributed by atoms with Gasteiger partial charge in [-0.3, -0.25) is 0 Å². The van der Waals surface area contributed by atoms with Gasteiger partial charge in [0.2, 0.25) is 5.95 Å². The highest BCUT2D eigenvalue weighted by molar-refractivity contribution is 5.30. The average Bonchev–Trinajstić information content (AvgIpc) is 2.78. The Hall–Kier alpha value is -1.16. The molecule has 1 N–H and O–H groups in total. The van der Waals surface area contributed by atoms with Crippen LogP contribution in [-0.2, 0) is 0 Å². The second-order valence-electron chi connectivity index (χ2n) is 4.33. The lowest BCUT2D eigenvalue weighted by atomic mass is 10.2. The van der Waals surface area contributed by atoms with Crippen molar-refractivity contribution < 1.29 is 0 Å². The van der Waals surface area contributed by atoms with Gasteiger partial charge in [-0.2, -0.15) is 0 Å². The van der Waals surface area contributed by atoms with E-state index in [-0.39, 0.29) is 0 Å². The third-order valence-corrected chi connectivity index (χ3v) is 3.05. The van der Waals surface area contributed by atoms with Crippen LogP contribution in [0.3, 0.4) is 0 Å². The molecule has 1 atom stereocenters. The van der Waals surface area contributed by atoms with Crippen LogP contribution in [0.5, 0.6) is 0 Å².